The fourth-order valence-corrected chi connectivity index (χ4v) is 2.20. The van der Waals surface area contributed by atoms with Gasteiger partial charge in [-0.2, -0.15) is 0 Å². The van der Waals surface area contributed by atoms with E-state index in [9.17, 15) is 4.79 Å². The second-order valence-corrected chi connectivity index (χ2v) is 6.42. The van der Waals surface area contributed by atoms with Gasteiger partial charge < -0.3 is 9.64 Å². The molecule has 0 fully saturated rings. The summed E-state index contributed by atoms with van der Waals surface area (Å²) in [5.74, 6) is 0.682. The lowest BCUT2D eigenvalue weighted by Gasteiger charge is -2.27. The van der Waals surface area contributed by atoms with Crippen molar-refractivity contribution in [2.24, 2.45) is 5.41 Å². The van der Waals surface area contributed by atoms with Crippen LogP contribution in [-0.2, 0) is 0 Å². The van der Waals surface area contributed by atoms with E-state index >= 15 is 0 Å². The van der Waals surface area contributed by atoms with E-state index in [4.69, 9.17) is 4.74 Å². The third-order valence-electron chi connectivity index (χ3n) is 2.46. The van der Waals surface area contributed by atoms with Crippen LogP contribution >= 0.6 is 15.9 Å². The lowest BCUT2D eigenvalue weighted by molar-refractivity contribution is 0.0744. The van der Waals surface area contributed by atoms with Crippen LogP contribution < -0.4 is 4.74 Å². The van der Waals surface area contributed by atoms with Crippen LogP contribution in [0.5, 0.6) is 5.75 Å². The molecule has 0 heterocycles. The molecule has 100 valence electrons. The smallest absolute Gasteiger partial charge is 0.254 e. The Kier molecular flexibility index (Phi) is 4.79. The summed E-state index contributed by atoms with van der Waals surface area (Å²) in [6.07, 6.45) is 0. The average Bonchev–Trinajstić information content (AvgIpc) is 2.26. The maximum atomic E-state index is 12.4. The van der Waals surface area contributed by atoms with Gasteiger partial charge in [-0.25, -0.2) is 0 Å². The lowest BCUT2D eigenvalue weighted by Crippen LogP contribution is -2.34. The molecule has 0 aliphatic heterocycles. The number of nitrogens with zero attached hydrogens (tertiary/aromatic N) is 1. The summed E-state index contributed by atoms with van der Waals surface area (Å²) < 4.78 is 5.94. The Hall–Kier alpha value is -1.03. The first kappa shape index (κ1) is 15.0. The minimum Gasteiger partial charge on any atom is -0.497 e. The van der Waals surface area contributed by atoms with Gasteiger partial charge >= 0.3 is 0 Å². The standard InChI is InChI=1S/C14H20BrNO2/c1-14(2,3)9-16(4)13(17)11-8-10(18-5)6-7-12(11)15/h6-8H,9H2,1-5H3. The quantitative estimate of drug-likeness (QED) is 0.853. The number of benzene rings is 1. The van der Waals surface area contributed by atoms with Crippen molar-refractivity contribution in [3.63, 3.8) is 0 Å². The maximum absolute atomic E-state index is 12.4. The van der Waals surface area contributed by atoms with Gasteiger partial charge in [0.15, 0.2) is 0 Å². The molecule has 0 bridgehead atoms. The summed E-state index contributed by atoms with van der Waals surface area (Å²) in [6, 6.07) is 5.41. The first-order chi connectivity index (χ1) is 8.24. The normalized spacial score (nSPS) is 11.2. The minimum atomic E-state index is -0.00398. The second-order valence-electron chi connectivity index (χ2n) is 5.57. The Morgan fingerprint density at radius 2 is 2.00 bits per heavy atom. The van der Waals surface area contributed by atoms with Crippen molar-refractivity contribution in [2.45, 2.75) is 20.8 Å². The Labute approximate surface area is 117 Å². The molecule has 0 unspecified atom stereocenters. The molecule has 0 atom stereocenters. The number of hydrogen-bond donors (Lipinski definition) is 0. The van der Waals surface area contributed by atoms with Gasteiger partial charge in [0, 0.05) is 18.1 Å². The van der Waals surface area contributed by atoms with Crippen molar-refractivity contribution in [2.75, 3.05) is 20.7 Å². The van der Waals surface area contributed by atoms with E-state index in [0.717, 1.165) is 4.47 Å². The third-order valence-corrected chi connectivity index (χ3v) is 3.15. The van der Waals surface area contributed by atoms with Crippen LogP contribution in [0.4, 0.5) is 0 Å². The highest BCUT2D eigenvalue weighted by Crippen LogP contribution is 2.24. The van der Waals surface area contributed by atoms with Crippen LogP contribution in [0.1, 0.15) is 31.1 Å². The van der Waals surface area contributed by atoms with E-state index in [1.165, 1.54) is 0 Å². The predicted octanol–water partition coefficient (Wildman–Crippen LogP) is 3.58. The Morgan fingerprint density at radius 3 is 2.50 bits per heavy atom. The Morgan fingerprint density at radius 1 is 1.39 bits per heavy atom. The molecule has 0 saturated heterocycles. The van der Waals surface area contributed by atoms with Crippen molar-refractivity contribution in [3.05, 3.63) is 28.2 Å². The number of rotatable bonds is 3. The molecule has 3 nitrogen and oxygen atoms in total. The van der Waals surface area contributed by atoms with Gasteiger partial charge in [-0.3, -0.25) is 4.79 Å². The summed E-state index contributed by atoms with van der Waals surface area (Å²) in [7, 11) is 3.41. The highest BCUT2D eigenvalue weighted by Gasteiger charge is 2.20. The SMILES string of the molecule is COc1ccc(Br)c(C(=O)N(C)CC(C)(C)C)c1. The summed E-state index contributed by atoms with van der Waals surface area (Å²) in [5.41, 5.74) is 0.705. The van der Waals surface area contributed by atoms with Crippen molar-refractivity contribution in [1.29, 1.82) is 0 Å². The monoisotopic (exact) mass is 313 g/mol. The third kappa shape index (κ3) is 4.02. The first-order valence-electron chi connectivity index (χ1n) is 5.83. The zero-order valence-electron chi connectivity index (χ0n) is 11.6. The molecule has 18 heavy (non-hydrogen) atoms. The topological polar surface area (TPSA) is 29.5 Å². The Bertz CT molecular complexity index is 438. The summed E-state index contributed by atoms with van der Waals surface area (Å²) in [4.78, 5) is 14.1. The van der Waals surface area contributed by atoms with Crippen LogP contribution in [-0.4, -0.2) is 31.5 Å². The lowest BCUT2D eigenvalue weighted by atomic mass is 9.96. The summed E-state index contributed by atoms with van der Waals surface area (Å²) >= 11 is 3.41. The van der Waals surface area contributed by atoms with Crippen molar-refractivity contribution >= 4 is 21.8 Å². The van der Waals surface area contributed by atoms with E-state index < -0.39 is 0 Å². The molecule has 1 rings (SSSR count). The number of ether oxygens (including phenoxy) is 1. The molecular formula is C14H20BrNO2. The highest BCUT2D eigenvalue weighted by atomic mass is 79.9. The molecule has 1 aromatic rings. The molecule has 1 aromatic carbocycles. The van der Waals surface area contributed by atoms with E-state index in [0.29, 0.717) is 17.9 Å². The number of halogens is 1. The number of carbonyl (C=O) groups excluding carboxylic acids is 1. The molecule has 1 amide bonds. The second kappa shape index (κ2) is 5.74. The van der Waals surface area contributed by atoms with Gasteiger partial charge in [0.2, 0.25) is 0 Å². The van der Waals surface area contributed by atoms with Crippen LogP contribution in [0.15, 0.2) is 22.7 Å². The highest BCUT2D eigenvalue weighted by molar-refractivity contribution is 9.10. The molecule has 0 saturated carbocycles. The van der Waals surface area contributed by atoms with Crippen LogP contribution in [0.3, 0.4) is 0 Å². The van der Waals surface area contributed by atoms with Gasteiger partial charge in [-0.05, 0) is 39.5 Å². The number of hydrogen-bond acceptors (Lipinski definition) is 2. The van der Waals surface area contributed by atoms with Gasteiger partial charge in [-0.15, -0.1) is 0 Å². The largest absolute Gasteiger partial charge is 0.497 e. The molecule has 4 heteroatoms. The Balaban J connectivity index is 2.96. The number of amides is 1. The zero-order valence-corrected chi connectivity index (χ0v) is 13.2. The van der Waals surface area contributed by atoms with Gasteiger partial charge in [-0.1, -0.05) is 20.8 Å². The van der Waals surface area contributed by atoms with Crippen LogP contribution in [0, 0.1) is 5.41 Å². The molecular weight excluding hydrogens is 294 g/mol. The van der Waals surface area contributed by atoms with Crippen molar-refractivity contribution in [1.82, 2.24) is 4.90 Å². The van der Waals surface area contributed by atoms with Crippen molar-refractivity contribution in [3.8, 4) is 5.75 Å². The summed E-state index contributed by atoms with van der Waals surface area (Å²) in [6.45, 7) is 7.03. The molecule has 0 spiro atoms. The average molecular weight is 314 g/mol. The van der Waals surface area contributed by atoms with Crippen LogP contribution in [0.25, 0.3) is 0 Å². The summed E-state index contributed by atoms with van der Waals surface area (Å²) in [5, 5.41) is 0. The molecule has 0 N–H and O–H groups in total. The van der Waals surface area contributed by atoms with Crippen LogP contribution in [0.2, 0.25) is 0 Å². The van der Waals surface area contributed by atoms with Gasteiger partial charge in [0.25, 0.3) is 5.91 Å². The van der Waals surface area contributed by atoms with Gasteiger partial charge in [0.05, 0.1) is 12.7 Å². The first-order valence-corrected chi connectivity index (χ1v) is 6.63. The maximum Gasteiger partial charge on any atom is 0.254 e. The predicted molar refractivity (Wildman–Crippen MR) is 77.1 cm³/mol. The molecule has 0 aliphatic rings. The fourth-order valence-electron chi connectivity index (χ4n) is 1.78. The van der Waals surface area contributed by atoms with E-state index in [1.54, 1.807) is 18.1 Å². The molecule has 0 aliphatic carbocycles. The number of methoxy groups -OCH3 is 1. The van der Waals surface area contributed by atoms with E-state index in [1.807, 2.05) is 19.2 Å². The van der Waals surface area contributed by atoms with Crippen molar-refractivity contribution < 1.29 is 9.53 Å². The fraction of sp³-hybridized carbons (Fsp3) is 0.500. The minimum absolute atomic E-state index is 0.00398. The number of carbonyl (C=O) groups is 1. The zero-order chi connectivity index (χ0) is 13.9. The van der Waals surface area contributed by atoms with E-state index in [2.05, 4.69) is 36.7 Å². The van der Waals surface area contributed by atoms with Gasteiger partial charge in [0.1, 0.15) is 5.75 Å². The molecule has 0 radical (unpaired) electrons. The molecule has 0 aromatic heterocycles. The van der Waals surface area contributed by atoms with E-state index in [-0.39, 0.29) is 11.3 Å².